The summed E-state index contributed by atoms with van der Waals surface area (Å²) < 4.78 is 1.14. The van der Waals surface area contributed by atoms with E-state index in [0.717, 1.165) is 23.5 Å². The van der Waals surface area contributed by atoms with Crippen LogP contribution in [0.3, 0.4) is 0 Å². The van der Waals surface area contributed by atoms with Crippen molar-refractivity contribution in [3.8, 4) is 0 Å². The molecular formula is C17H27BrN2. The lowest BCUT2D eigenvalue weighted by Gasteiger charge is -2.36. The lowest BCUT2D eigenvalue weighted by atomic mass is 9.97. The van der Waals surface area contributed by atoms with Crippen molar-refractivity contribution in [2.45, 2.75) is 57.5 Å². The number of halogens is 1. The van der Waals surface area contributed by atoms with Gasteiger partial charge in [0, 0.05) is 23.1 Å². The van der Waals surface area contributed by atoms with Crippen LogP contribution in [-0.2, 0) is 0 Å². The van der Waals surface area contributed by atoms with Crippen LogP contribution >= 0.6 is 15.9 Å². The van der Waals surface area contributed by atoms with Crippen LogP contribution in [0.15, 0.2) is 28.7 Å². The molecule has 0 aromatic heterocycles. The highest BCUT2D eigenvalue weighted by molar-refractivity contribution is 9.10. The average Bonchev–Trinajstić information content (AvgIpc) is 2.47. The van der Waals surface area contributed by atoms with E-state index in [4.69, 9.17) is 5.73 Å². The quantitative estimate of drug-likeness (QED) is 0.827. The van der Waals surface area contributed by atoms with Gasteiger partial charge >= 0.3 is 0 Å². The predicted octanol–water partition coefficient (Wildman–Crippen LogP) is 4.49. The van der Waals surface area contributed by atoms with E-state index in [1.807, 2.05) is 6.07 Å². The second-order valence-electron chi connectivity index (χ2n) is 5.89. The van der Waals surface area contributed by atoms with Gasteiger partial charge in [-0.25, -0.2) is 0 Å². The first-order valence-corrected chi connectivity index (χ1v) is 8.75. The van der Waals surface area contributed by atoms with Gasteiger partial charge in [0.1, 0.15) is 0 Å². The zero-order valence-electron chi connectivity index (χ0n) is 12.5. The van der Waals surface area contributed by atoms with E-state index in [-0.39, 0.29) is 6.04 Å². The molecular weight excluding hydrogens is 312 g/mol. The van der Waals surface area contributed by atoms with E-state index in [1.165, 1.54) is 44.2 Å². The monoisotopic (exact) mass is 338 g/mol. The normalized spacial score (nSPS) is 21.9. The van der Waals surface area contributed by atoms with Crippen LogP contribution in [0.25, 0.3) is 0 Å². The SMILES string of the molecule is CCCC1CCCCN1CCC(N)c1ccccc1Br. The van der Waals surface area contributed by atoms with Gasteiger partial charge in [0.25, 0.3) is 0 Å². The molecule has 112 valence electrons. The average molecular weight is 339 g/mol. The summed E-state index contributed by atoms with van der Waals surface area (Å²) in [5.74, 6) is 0. The topological polar surface area (TPSA) is 29.3 Å². The van der Waals surface area contributed by atoms with Crippen LogP contribution in [0, 0.1) is 0 Å². The molecule has 2 rings (SSSR count). The Hall–Kier alpha value is -0.380. The van der Waals surface area contributed by atoms with E-state index >= 15 is 0 Å². The number of hydrogen-bond acceptors (Lipinski definition) is 2. The molecule has 3 heteroatoms. The molecule has 1 aliphatic rings. The Bertz CT molecular complexity index is 406. The highest BCUT2D eigenvalue weighted by Gasteiger charge is 2.22. The Labute approximate surface area is 131 Å². The van der Waals surface area contributed by atoms with Gasteiger partial charge < -0.3 is 10.6 Å². The minimum Gasteiger partial charge on any atom is -0.324 e. The van der Waals surface area contributed by atoms with E-state index in [2.05, 4.69) is 46.0 Å². The molecule has 2 unspecified atom stereocenters. The van der Waals surface area contributed by atoms with Crippen molar-refractivity contribution in [1.29, 1.82) is 0 Å². The third-order valence-electron chi connectivity index (χ3n) is 4.40. The zero-order chi connectivity index (χ0) is 14.4. The molecule has 1 aromatic carbocycles. The Morgan fingerprint density at radius 1 is 1.35 bits per heavy atom. The lowest BCUT2D eigenvalue weighted by molar-refractivity contribution is 0.135. The second-order valence-corrected chi connectivity index (χ2v) is 6.75. The van der Waals surface area contributed by atoms with Gasteiger partial charge in [0.05, 0.1) is 0 Å². The lowest BCUT2D eigenvalue weighted by Crippen LogP contribution is -2.40. The van der Waals surface area contributed by atoms with Crippen LogP contribution in [0.1, 0.15) is 57.1 Å². The zero-order valence-corrected chi connectivity index (χ0v) is 14.1. The van der Waals surface area contributed by atoms with Crippen LogP contribution < -0.4 is 5.73 Å². The van der Waals surface area contributed by atoms with E-state index in [9.17, 15) is 0 Å². The first-order chi connectivity index (χ1) is 9.72. The molecule has 0 bridgehead atoms. The Morgan fingerprint density at radius 2 is 2.15 bits per heavy atom. The Morgan fingerprint density at radius 3 is 2.90 bits per heavy atom. The van der Waals surface area contributed by atoms with E-state index < -0.39 is 0 Å². The Balaban J connectivity index is 1.88. The summed E-state index contributed by atoms with van der Waals surface area (Å²) in [6.07, 6.45) is 7.80. The molecule has 1 aliphatic heterocycles. The molecule has 0 saturated carbocycles. The van der Waals surface area contributed by atoms with Gasteiger partial charge in [0.2, 0.25) is 0 Å². The summed E-state index contributed by atoms with van der Waals surface area (Å²) >= 11 is 3.61. The van der Waals surface area contributed by atoms with Crippen molar-refractivity contribution in [3.05, 3.63) is 34.3 Å². The van der Waals surface area contributed by atoms with Gasteiger partial charge in [-0.3, -0.25) is 0 Å². The molecule has 0 amide bonds. The number of nitrogens with zero attached hydrogens (tertiary/aromatic N) is 1. The maximum absolute atomic E-state index is 6.38. The van der Waals surface area contributed by atoms with E-state index in [0.29, 0.717) is 0 Å². The minimum atomic E-state index is 0.134. The summed E-state index contributed by atoms with van der Waals surface area (Å²) in [6.45, 7) is 4.68. The number of piperidine rings is 1. The van der Waals surface area contributed by atoms with Crippen molar-refractivity contribution in [2.75, 3.05) is 13.1 Å². The molecule has 2 nitrogen and oxygen atoms in total. The smallest absolute Gasteiger partial charge is 0.0318 e. The first kappa shape index (κ1) is 16.0. The Kier molecular flexibility index (Phi) is 6.53. The highest BCUT2D eigenvalue weighted by atomic mass is 79.9. The van der Waals surface area contributed by atoms with E-state index in [1.54, 1.807) is 0 Å². The summed E-state index contributed by atoms with van der Waals surface area (Å²) in [5, 5.41) is 0. The first-order valence-electron chi connectivity index (χ1n) is 7.96. The number of rotatable bonds is 6. The van der Waals surface area contributed by atoms with Crippen molar-refractivity contribution in [2.24, 2.45) is 5.73 Å². The van der Waals surface area contributed by atoms with Crippen molar-refractivity contribution < 1.29 is 0 Å². The largest absolute Gasteiger partial charge is 0.324 e. The third-order valence-corrected chi connectivity index (χ3v) is 5.13. The summed E-state index contributed by atoms with van der Waals surface area (Å²) in [5.41, 5.74) is 7.61. The van der Waals surface area contributed by atoms with Gasteiger partial charge in [0.15, 0.2) is 0 Å². The highest BCUT2D eigenvalue weighted by Crippen LogP contribution is 2.26. The van der Waals surface area contributed by atoms with Crippen LogP contribution in [0.4, 0.5) is 0 Å². The summed E-state index contributed by atoms with van der Waals surface area (Å²) in [4.78, 5) is 2.67. The standard InChI is InChI=1S/C17H27BrN2/c1-2-7-14-8-5-6-12-20(14)13-11-17(19)15-9-3-4-10-16(15)18/h3-4,9-10,14,17H,2,5-8,11-13,19H2,1H3. The van der Waals surface area contributed by atoms with Gasteiger partial charge in [-0.2, -0.15) is 0 Å². The van der Waals surface area contributed by atoms with Gasteiger partial charge in [-0.15, -0.1) is 0 Å². The van der Waals surface area contributed by atoms with Crippen molar-refractivity contribution in [1.82, 2.24) is 4.90 Å². The molecule has 2 atom stereocenters. The number of benzene rings is 1. The third kappa shape index (κ3) is 4.31. The fraction of sp³-hybridized carbons (Fsp3) is 0.647. The number of likely N-dealkylation sites (tertiary alicyclic amines) is 1. The second kappa shape index (κ2) is 8.16. The van der Waals surface area contributed by atoms with Crippen molar-refractivity contribution >= 4 is 15.9 Å². The van der Waals surface area contributed by atoms with Crippen LogP contribution in [-0.4, -0.2) is 24.0 Å². The fourth-order valence-corrected chi connectivity index (χ4v) is 3.83. The minimum absolute atomic E-state index is 0.134. The number of nitrogens with two attached hydrogens (primary N) is 1. The predicted molar refractivity (Wildman–Crippen MR) is 89.8 cm³/mol. The van der Waals surface area contributed by atoms with Crippen molar-refractivity contribution in [3.63, 3.8) is 0 Å². The molecule has 20 heavy (non-hydrogen) atoms. The van der Waals surface area contributed by atoms with Gasteiger partial charge in [-0.05, 0) is 43.9 Å². The van der Waals surface area contributed by atoms with Crippen LogP contribution in [0.5, 0.6) is 0 Å². The summed E-state index contributed by atoms with van der Waals surface area (Å²) in [6, 6.07) is 9.25. The van der Waals surface area contributed by atoms with Crippen LogP contribution in [0.2, 0.25) is 0 Å². The van der Waals surface area contributed by atoms with Gasteiger partial charge in [-0.1, -0.05) is 53.9 Å². The fourth-order valence-electron chi connectivity index (χ4n) is 3.25. The molecule has 2 N–H and O–H groups in total. The maximum atomic E-state index is 6.38. The maximum Gasteiger partial charge on any atom is 0.0318 e. The summed E-state index contributed by atoms with van der Waals surface area (Å²) in [7, 11) is 0. The molecule has 0 aliphatic carbocycles. The molecule has 1 saturated heterocycles. The molecule has 0 spiro atoms. The number of hydrogen-bond donors (Lipinski definition) is 1. The molecule has 1 aromatic rings. The molecule has 0 radical (unpaired) electrons. The molecule has 1 fully saturated rings. The molecule has 1 heterocycles.